The molecule has 0 aromatic carbocycles. The Morgan fingerprint density at radius 2 is 1.25 bits per heavy atom. The molecule has 74 valence electrons. The van der Waals surface area contributed by atoms with Crippen molar-refractivity contribution in [3.8, 4) is 0 Å². The van der Waals surface area contributed by atoms with Gasteiger partial charge in [-0.1, -0.05) is 40.5 Å². The average molecular weight is 171 g/mol. The van der Waals surface area contributed by atoms with Crippen LogP contribution < -0.4 is 5.73 Å². The van der Waals surface area contributed by atoms with Crippen molar-refractivity contribution in [2.75, 3.05) is 0 Å². The number of hydrogen-bond donors (Lipinski definition) is 1. The molecule has 0 aliphatic carbocycles. The molecule has 2 N–H and O–H groups in total. The minimum absolute atomic E-state index is 0.407. The molecular formula is C11H25N. The van der Waals surface area contributed by atoms with Crippen LogP contribution in [0.2, 0.25) is 0 Å². The maximum atomic E-state index is 6.13. The Kier molecular flexibility index (Phi) is 6.45. The molecule has 0 amide bonds. The second-order valence-corrected chi connectivity index (χ2v) is 4.11. The first-order valence-corrected chi connectivity index (χ1v) is 5.39. The fourth-order valence-electron chi connectivity index (χ4n) is 1.86. The van der Waals surface area contributed by atoms with Gasteiger partial charge in [0.25, 0.3) is 0 Å². The lowest BCUT2D eigenvalue weighted by Gasteiger charge is -2.25. The summed E-state index contributed by atoms with van der Waals surface area (Å²) in [6, 6.07) is 0.407. The molecule has 0 aromatic heterocycles. The van der Waals surface area contributed by atoms with E-state index in [-0.39, 0.29) is 0 Å². The Morgan fingerprint density at radius 3 is 1.50 bits per heavy atom. The van der Waals surface area contributed by atoms with Crippen LogP contribution in [-0.2, 0) is 0 Å². The third-order valence-corrected chi connectivity index (χ3v) is 2.80. The van der Waals surface area contributed by atoms with Crippen molar-refractivity contribution in [2.45, 2.75) is 59.4 Å². The molecule has 0 aliphatic heterocycles. The molecule has 0 fully saturated rings. The number of rotatable bonds is 6. The van der Waals surface area contributed by atoms with Gasteiger partial charge in [0, 0.05) is 6.04 Å². The quantitative estimate of drug-likeness (QED) is 0.652. The van der Waals surface area contributed by atoms with Crippen molar-refractivity contribution in [2.24, 2.45) is 17.6 Å². The fourth-order valence-corrected chi connectivity index (χ4v) is 1.86. The van der Waals surface area contributed by atoms with Gasteiger partial charge in [-0.3, -0.25) is 0 Å². The highest BCUT2D eigenvalue weighted by molar-refractivity contribution is 4.74. The van der Waals surface area contributed by atoms with E-state index in [0.717, 1.165) is 0 Å². The van der Waals surface area contributed by atoms with Gasteiger partial charge in [-0.25, -0.2) is 0 Å². The molecule has 12 heavy (non-hydrogen) atoms. The summed E-state index contributed by atoms with van der Waals surface area (Å²) in [7, 11) is 0. The predicted molar refractivity (Wildman–Crippen MR) is 56.1 cm³/mol. The number of hydrogen-bond acceptors (Lipinski definition) is 1. The lowest BCUT2D eigenvalue weighted by Crippen LogP contribution is -2.34. The zero-order chi connectivity index (χ0) is 9.56. The molecule has 0 heterocycles. The molecule has 2 unspecified atom stereocenters. The summed E-state index contributed by atoms with van der Waals surface area (Å²) in [5.74, 6) is 1.38. The second-order valence-electron chi connectivity index (χ2n) is 4.11. The van der Waals surface area contributed by atoms with E-state index in [4.69, 9.17) is 5.73 Å². The van der Waals surface area contributed by atoms with Crippen molar-refractivity contribution >= 4 is 0 Å². The van der Waals surface area contributed by atoms with Gasteiger partial charge >= 0.3 is 0 Å². The molecule has 2 atom stereocenters. The summed E-state index contributed by atoms with van der Waals surface area (Å²) < 4.78 is 0. The SMILES string of the molecule is CCCC(C)C(N)C(C)CCC. The smallest absolute Gasteiger partial charge is 0.00903 e. The first kappa shape index (κ1) is 12.0. The molecule has 0 aliphatic rings. The van der Waals surface area contributed by atoms with Gasteiger partial charge in [0.05, 0.1) is 0 Å². The summed E-state index contributed by atoms with van der Waals surface area (Å²) in [6.07, 6.45) is 5.06. The van der Waals surface area contributed by atoms with Crippen LogP contribution in [0.25, 0.3) is 0 Å². The lowest BCUT2D eigenvalue weighted by molar-refractivity contribution is 0.312. The molecule has 0 radical (unpaired) electrons. The van der Waals surface area contributed by atoms with Crippen LogP contribution in [-0.4, -0.2) is 6.04 Å². The van der Waals surface area contributed by atoms with Crippen molar-refractivity contribution in [1.82, 2.24) is 0 Å². The van der Waals surface area contributed by atoms with E-state index in [0.29, 0.717) is 17.9 Å². The standard InChI is InChI=1S/C11H25N/c1-5-7-9(3)11(12)10(4)8-6-2/h9-11H,5-8,12H2,1-4H3. The third kappa shape index (κ3) is 4.10. The topological polar surface area (TPSA) is 26.0 Å². The Bertz CT molecular complexity index is 89.2. The Balaban J connectivity index is 3.73. The van der Waals surface area contributed by atoms with Crippen LogP contribution in [0.4, 0.5) is 0 Å². The van der Waals surface area contributed by atoms with E-state index in [1.54, 1.807) is 0 Å². The highest BCUT2D eigenvalue weighted by Gasteiger charge is 2.17. The lowest BCUT2D eigenvalue weighted by atomic mass is 9.86. The van der Waals surface area contributed by atoms with Crippen molar-refractivity contribution in [3.05, 3.63) is 0 Å². The highest BCUT2D eigenvalue weighted by Crippen LogP contribution is 2.19. The molecule has 0 saturated carbocycles. The van der Waals surface area contributed by atoms with Gasteiger partial charge in [-0.05, 0) is 24.7 Å². The molecule has 0 rings (SSSR count). The first-order valence-electron chi connectivity index (χ1n) is 5.39. The fraction of sp³-hybridized carbons (Fsp3) is 1.00. The third-order valence-electron chi connectivity index (χ3n) is 2.80. The van der Waals surface area contributed by atoms with Gasteiger partial charge in [0.1, 0.15) is 0 Å². The maximum absolute atomic E-state index is 6.13. The van der Waals surface area contributed by atoms with Gasteiger partial charge in [0.2, 0.25) is 0 Å². The summed E-state index contributed by atoms with van der Waals surface area (Å²) in [5.41, 5.74) is 6.13. The normalized spacial score (nSPS) is 18.8. The van der Waals surface area contributed by atoms with Gasteiger partial charge in [-0.15, -0.1) is 0 Å². The summed E-state index contributed by atoms with van der Waals surface area (Å²) in [5, 5.41) is 0. The molecule has 0 aromatic rings. The summed E-state index contributed by atoms with van der Waals surface area (Å²) in [6.45, 7) is 9.02. The van der Waals surface area contributed by atoms with E-state index in [1.165, 1.54) is 25.7 Å². The Hall–Kier alpha value is -0.0400. The molecule has 1 heteroatoms. The van der Waals surface area contributed by atoms with E-state index in [9.17, 15) is 0 Å². The molecule has 0 spiro atoms. The maximum Gasteiger partial charge on any atom is 0.00903 e. The van der Waals surface area contributed by atoms with Crippen LogP contribution in [0.15, 0.2) is 0 Å². The van der Waals surface area contributed by atoms with Crippen molar-refractivity contribution in [1.29, 1.82) is 0 Å². The van der Waals surface area contributed by atoms with Crippen LogP contribution in [0.5, 0.6) is 0 Å². The zero-order valence-electron chi connectivity index (χ0n) is 9.14. The average Bonchev–Trinajstić information content (AvgIpc) is 2.04. The van der Waals surface area contributed by atoms with Gasteiger partial charge in [-0.2, -0.15) is 0 Å². The Labute approximate surface area is 77.7 Å². The summed E-state index contributed by atoms with van der Waals surface area (Å²) >= 11 is 0. The van der Waals surface area contributed by atoms with E-state index in [1.807, 2.05) is 0 Å². The summed E-state index contributed by atoms with van der Waals surface area (Å²) in [4.78, 5) is 0. The molecule has 1 nitrogen and oxygen atoms in total. The van der Waals surface area contributed by atoms with E-state index in [2.05, 4.69) is 27.7 Å². The minimum Gasteiger partial charge on any atom is -0.327 e. The first-order chi connectivity index (χ1) is 5.63. The second kappa shape index (κ2) is 6.47. The zero-order valence-corrected chi connectivity index (χ0v) is 9.14. The van der Waals surface area contributed by atoms with Crippen molar-refractivity contribution in [3.63, 3.8) is 0 Å². The minimum atomic E-state index is 0.407. The van der Waals surface area contributed by atoms with Gasteiger partial charge < -0.3 is 5.73 Å². The highest BCUT2D eigenvalue weighted by atomic mass is 14.7. The van der Waals surface area contributed by atoms with Crippen molar-refractivity contribution < 1.29 is 0 Å². The number of nitrogens with two attached hydrogens (primary N) is 1. The van der Waals surface area contributed by atoms with E-state index < -0.39 is 0 Å². The van der Waals surface area contributed by atoms with E-state index >= 15 is 0 Å². The molecular weight excluding hydrogens is 146 g/mol. The predicted octanol–water partition coefficient (Wildman–Crippen LogP) is 3.19. The monoisotopic (exact) mass is 171 g/mol. The Morgan fingerprint density at radius 1 is 0.917 bits per heavy atom. The largest absolute Gasteiger partial charge is 0.327 e. The van der Waals surface area contributed by atoms with Crippen LogP contribution >= 0.6 is 0 Å². The molecule has 0 bridgehead atoms. The molecule has 0 saturated heterocycles. The van der Waals surface area contributed by atoms with Crippen LogP contribution in [0.3, 0.4) is 0 Å². The van der Waals surface area contributed by atoms with Crippen LogP contribution in [0, 0.1) is 11.8 Å². The van der Waals surface area contributed by atoms with Gasteiger partial charge in [0.15, 0.2) is 0 Å². The van der Waals surface area contributed by atoms with Crippen LogP contribution in [0.1, 0.15) is 53.4 Å².